The zero-order valence-corrected chi connectivity index (χ0v) is 22.9. The number of hydrogen-bond donors (Lipinski definition) is 2. The minimum absolute atomic E-state index is 0.0714. The molecule has 0 spiro atoms. The summed E-state index contributed by atoms with van der Waals surface area (Å²) < 4.78 is 27.8. The molecule has 2 heterocycles. The van der Waals surface area contributed by atoms with Crippen LogP contribution in [0.25, 0.3) is 0 Å². The van der Waals surface area contributed by atoms with Gasteiger partial charge in [0.25, 0.3) is 5.91 Å². The third kappa shape index (κ3) is 7.98. The fourth-order valence-electron chi connectivity index (χ4n) is 4.36. The van der Waals surface area contributed by atoms with Gasteiger partial charge in [0.2, 0.25) is 0 Å². The van der Waals surface area contributed by atoms with Crippen LogP contribution in [0.5, 0.6) is 17.2 Å². The molecule has 0 radical (unpaired) electrons. The summed E-state index contributed by atoms with van der Waals surface area (Å²) in [5, 5.41) is 12.9. The quantitative estimate of drug-likeness (QED) is 0.468. The molecule has 1 amide bonds. The number of esters is 1. The van der Waals surface area contributed by atoms with Crippen molar-refractivity contribution in [3.05, 3.63) is 47.3 Å². The SMILES string of the molecule is CCCOC(=O)OC1CCCC(NC(=O)c2nccc(OC)c2O)C(=O)OC(C)C1Oc1cc(C)cc(C)c1. The van der Waals surface area contributed by atoms with E-state index in [1.165, 1.54) is 19.4 Å². The lowest BCUT2D eigenvalue weighted by Gasteiger charge is -2.31. The van der Waals surface area contributed by atoms with Crippen LogP contribution < -0.4 is 14.8 Å². The number of rotatable bonds is 8. The Hall–Kier alpha value is -4.02. The van der Waals surface area contributed by atoms with Crippen molar-refractivity contribution in [1.29, 1.82) is 0 Å². The number of methoxy groups -OCH3 is 1. The van der Waals surface area contributed by atoms with Gasteiger partial charge in [-0.3, -0.25) is 4.79 Å². The number of carbonyl (C=O) groups is 3. The molecule has 4 unspecified atom stereocenters. The van der Waals surface area contributed by atoms with Crippen LogP contribution in [0.4, 0.5) is 4.79 Å². The van der Waals surface area contributed by atoms with Gasteiger partial charge in [0.05, 0.1) is 13.7 Å². The molecule has 1 saturated heterocycles. The Kier molecular flexibility index (Phi) is 10.4. The number of nitrogens with one attached hydrogen (secondary N) is 1. The maximum Gasteiger partial charge on any atom is 0.508 e. The van der Waals surface area contributed by atoms with Gasteiger partial charge in [0.15, 0.2) is 23.3 Å². The molecule has 1 aromatic carbocycles. The third-order valence-corrected chi connectivity index (χ3v) is 6.16. The zero-order chi connectivity index (χ0) is 28.5. The maximum absolute atomic E-state index is 13.1. The molecule has 212 valence electrons. The van der Waals surface area contributed by atoms with E-state index in [-0.39, 0.29) is 24.5 Å². The van der Waals surface area contributed by atoms with Crippen molar-refractivity contribution in [2.75, 3.05) is 13.7 Å². The highest BCUT2D eigenvalue weighted by Gasteiger charge is 2.38. The van der Waals surface area contributed by atoms with Crippen molar-refractivity contribution in [3.63, 3.8) is 0 Å². The summed E-state index contributed by atoms with van der Waals surface area (Å²) in [6, 6.07) is 6.05. The normalized spacial score (nSPS) is 21.4. The van der Waals surface area contributed by atoms with Crippen LogP contribution >= 0.6 is 0 Å². The van der Waals surface area contributed by atoms with Gasteiger partial charge < -0.3 is 34.1 Å². The van der Waals surface area contributed by atoms with E-state index in [1.807, 2.05) is 39.0 Å². The molecule has 2 aromatic rings. The predicted octanol–water partition coefficient (Wildman–Crippen LogP) is 4.01. The van der Waals surface area contributed by atoms with Gasteiger partial charge in [0, 0.05) is 12.3 Å². The Morgan fingerprint density at radius 2 is 1.90 bits per heavy atom. The molecule has 3 rings (SSSR count). The Labute approximate surface area is 227 Å². The molecule has 4 atom stereocenters. The average molecular weight is 545 g/mol. The van der Waals surface area contributed by atoms with Gasteiger partial charge >= 0.3 is 12.1 Å². The minimum Gasteiger partial charge on any atom is -0.503 e. The van der Waals surface area contributed by atoms with E-state index >= 15 is 0 Å². The van der Waals surface area contributed by atoms with Crippen molar-refractivity contribution < 1.29 is 43.2 Å². The first-order chi connectivity index (χ1) is 18.6. The van der Waals surface area contributed by atoms with E-state index in [1.54, 1.807) is 6.92 Å². The van der Waals surface area contributed by atoms with Gasteiger partial charge in [-0.15, -0.1) is 0 Å². The Morgan fingerprint density at radius 3 is 2.56 bits per heavy atom. The Balaban J connectivity index is 1.83. The van der Waals surface area contributed by atoms with Crippen LogP contribution in [-0.2, 0) is 19.0 Å². The van der Waals surface area contributed by atoms with E-state index in [2.05, 4.69) is 10.3 Å². The van der Waals surface area contributed by atoms with Gasteiger partial charge in [0.1, 0.15) is 24.0 Å². The second kappa shape index (κ2) is 13.7. The molecular weight excluding hydrogens is 508 g/mol. The molecule has 11 heteroatoms. The first-order valence-corrected chi connectivity index (χ1v) is 12.9. The number of ether oxygens (including phenoxy) is 5. The highest BCUT2D eigenvalue weighted by molar-refractivity contribution is 5.97. The average Bonchev–Trinajstić information content (AvgIpc) is 2.92. The van der Waals surface area contributed by atoms with Gasteiger partial charge in [-0.05, 0) is 69.7 Å². The number of aromatic hydroxyl groups is 1. The smallest absolute Gasteiger partial charge is 0.503 e. The van der Waals surface area contributed by atoms with Crippen LogP contribution in [-0.4, -0.2) is 66.2 Å². The number of aromatic nitrogens is 1. The molecule has 1 fully saturated rings. The van der Waals surface area contributed by atoms with Crippen LogP contribution in [0.1, 0.15) is 61.1 Å². The number of nitrogens with zero attached hydrogens (tertiary/aromatic N) is 1. The van der Waals surface area contributed by atoms with Crippen molar-refractivity contribution in [1.82, 2.24) is 10.3 Å². The lowest BCUT2D eigenvalue weighted by atomic mass is 10.0. The number of amides is 1. The summed E-state index contributed by atoms with van der Waals surface area (Å²) in [5.41, 5.74) is 1.68. The molecule has 0 bridgehead atoms. The topological polar surface area (TPSA) is 143 Å². The summed E-state index contributed by atoms with van der Waals surface area (Å²) >= 11 is 0. The number of carbonyl (C=O) groups excluding carboxylic acids is 3. The predicted molar refractivity (Wildman–Crippen MR) is 140 cm³/mol. The maximum atomic E-state index is 13.1. The fraction of sp³-hybridized carbons (Fsp3) is 0.500. The van der Waals surface area contributed by atoms with Gasteiger partial charge in [-0.2, -0.15) is 0 Å². The van der Waals surface area contributed by atoms with E-state index in [0.717, 1.165) is 11.1 Å². The van der Waals surface area contributed by atoms with Crippen LogP contribution in [0, 0.1) is 13.8 Å². The van der Waals surface area contributed by atoms with Gasteiger partial charge in [-0.1, -0.05) is 13.0 Å². The molecule has 1 aliphatic rings. The second-order valence-corrected chi connectivity index (χ2v) is 9.47. The first kappa shape index (κ1) is 29.5. The molecule has 1 aliphatic heterocycles. The lowest BCUT2D eigenvalue weighted by Crippen LogP contribution is -2.47. The number of pyridine rings is 1. The number of benzene rings is 1. The van der Waals surface area contributed by atoms with Crippen molar-refractivity contribution in [2.24, 2.45) is 0 Å². The van der Waals surface area contributed by atoms with E-state index in [0.29, 0.717) is 25.0 Å². The second-order valence-electron chi connectivity index (χ2n) is 9.47. The molecule has 1 aromatic heterocycles. The van der Waals surface area contributed by atoms with E-state index in [4.69, 9.17) is 23.7 Å². The van der Waals surface area contributed by atoms with E-state index < -0.39 is 48.1 Å². The number of cyclic esters (lactones) is 1. The summed E-state index contributed by atoms with van der Waals surface area (Å²) in [7, 11) is 1.35. The molecular formula is C28H36N2O9. The third-order valence-electron chi connectivity index (χ3n) is 6.16. The monoisotopic (exact) mass is 544 g/mol. The van der Waals surface area contributed by atoms with Crippen molar-refractivity contribution in [3.8, 4) is 17.2 Å². The lowest BCUT2D eigenvalue weighted by molar-refractivity contribution is -0.158. The molecule has 11 nitrogen and oxygen atoms in total. The summed E-state index contributed by atoms with van der Waals surface area (Å²) in [6.45, 7) is 7.59. The van der Waals surface area contributed by atoms with E-state index in [9.17, 15) is 19.5 Å². The number of hydrogen-bond acceptors (Lipinski definition) is 10. The molecule has 2 N–H and O–H groups in total. The highest BCUT2D eigenvalue weighted by atomic mass is 16.7. The van der Waals surface area contributed by atoms with Crippen LogP contribution in [0.3, 0.4) is 0 Å². The molecule has 39 heavy (non-hydrogen) atoms. The summed E-state index contributed by atoms with van der Waals surface area (Å²) in [4.78, 5) is 42.3. The highest BCUT2D eigenvalue weighted by Crippen LogP contribution is 2.29. The molecule has 0 saturated carbocycles. The minimum atomic E-state index is -1.04. The van der Waals surface area contributed by atoms with Crippen molar-refractivity contribution >= 4 is 18.0 Å². The Bertz CT molecular complexity index is 1150. The van der Waals surface area contributed by atoms with Gasteiger partial charge in [-0.25, -0.2) is 14.6 Å². The summed E-state index contributed by atoms with van der Waals surface area (Å²) in [5.74, 6) is -1.29. The summed E-state index contributed by atoms with van der Waals surface area (Å²) in [6.07, 6.45) is -0.515. The zero-order valence-electron chi connectivity index (χ0n) is 22.9. The largest absolute Gasteiger partial charge is 0.508 e. The number of aryl methyl sites for hydroxylation is 2. The Morgan fingerprint density at radius 1 is 1.18 bits per heavy atom. The van der Waals surface area contributed by atoms with Crippen LogP contribution in [0.15, 0.2) is 30.5 Å². The standard InChI is InChI=1S/C28H36N2O9/c1-6-12-36-28(34)39-22-9-7-8-20(30-26(32)23-24(31)21(35-5)10-11-29-23)27(33)37-18(4)25(22)38-19-14-16(2)13-17(3)15-19/h10-11,13-15,18,20,22,25,31H,6-9,12H2,1-5H3,(H,30,32). The van der Waals surface area contributed by atoms with Crippen LogP contribution in [0.2, 0.25) is 0 Å². The fourth-order valence-corrected chi connectivity index (χ4v) is 4.36. The van der Waals surface area contributed by atoms with Crippen molar-refractivity contribution in [2.45, 2.75) is 77.7 Å². The molecule has 0 aliphatic carbocycles. The first-order valence-electron chi connectivity index (χ1n) is 12.9.